The zero-order valence-corrected chi connectivity index (χ0v) is 8.64. The lowest BCUT2D eigenvalue weighted by Gasteiger charge is -2.22. The van der Waals surface area contributed by atoms with E-state index in [2.05, 4.69) is 11.9 Å². The van der Waals surface area contributed by atoms with Crippen LogP contribution in [0.3, 0.4) is 0 Å². The van der Waals surface area contributed by atoms with Gasteiger partial charge in [0, 0.05) is 12.6 Å². The third kappa shape index (κ3) is 4.44. The fourth-order valence-electron chi connectivity index (χ4n) is 1.71. The van der Waals surface area contributed by atoms with E-state index in [1.807, 2.05) is 6.92 Å². The second-order valence-corrected chi connectivity index (χ2v) is 3.72. The molecule has 0 aromatic rings. The van der Waals surface area contributed by atoms with Crippen molar-refractivity contribution in [2.24, 2.45) is 0 Å². The Balaban J connectivity index is 2.28. The van der Waals surface area contributed by atoms with Gasteiger partial charge in [0.2, 0.25) is 0 Å². The Morgan fingerprint density at radius 1 is 1.54 bits per heavy atom. The largest absolute Gasteiger partial charge is 0.380 e. The lowest BCUT2D eigenvalue weighted by atomic mass is 10.00. The van der Waals surface area contributed by atoms with E-state index < -0.39 is 0 Å². The lowest BCUT2D eigenvalue weighted by molar-refractivity contribution is 0.121. The van der Waals surface area contributed by atoms with Gasteiger partial charge < -0.3 is 10.1 Å². The molecule has 0 aliphatic carbocycles. The Kier molecular flexibility index (Phi) is 5.09. The third-order valence-electron chi connectivity index (χ3n) is 2.45. The summed E-state index contributed by atoms with van der Waals surface area (Å²) < 4.78 is 5.41. The van der Waals surface area contributed by atoms with Crippen LogP contribution in [0.25, 0.3) is 0 Å². The van der Waals surface area contributed by atoms with E-state index in [0.29, 0.717) is 6.04 Å². The topological polar surface area (TPSA) is 21.3 Å². The first-order valence-corrected chi connectivity index (χ1v) is 5.30. The Labute approximate surface area is 81.4 Å². The van der Waals surface area contributed by atoms with Crippen LogP contribution in [0.15, 0.2) is 12.2 Å². The zero-order chi connectivity index (χ0) is 9.52. The normalized spacial score (nSPS) is 25.3. The van der Waals surface area contributed by atoms with E-state index in [9.17, 15) is 0 Å². The number of hydrogen-bond donors (Lipinski definition) is 1. The van der Waals surface area contributed by atoms with Gasteiger partial charge >= 0.3 is 0 Å². The number of ether oxygens (including phenoxy) is 1. The van der Waals surface area contributed by atoms with Crippen molar-refractivity contribution in [2.45, 2.75) is 38.6 Å². The van der Waals surface area contributed by atoms with Crippen molar-refractivity contribution in [1.82, 2.24) is 5.32 Å². The van der Waals surface area contributed by atoms with E-state index in [0.717, 1.165) is 26.2 Å². The van der Waals surface area contributed by atoms with Crippen LogP contribution in [-0.4, -0.2) is 25.8 Å². The van der Waals surface area contributed by atoms with Crippen LogP contribution in [-0.2, 0) is 4.74 Å². The summed E-state index contributed by atoms with van der Waals surface area (Å²) in [6, 6.07) is 0.493. The summed E-state index contributed by atoms with van der Waals surface area (Å²) in [6.07, 6.45) is 4.83. The first-order chi connectivity index (χ1) is 6.33. The first kappa shape index (κ1) is 10.7. The van der Waals surface area contributed by atoms with Gasteiger partial charge in [-0.3, -0.25) is 0 Å². The van der Waals surface area contributed by atoms with E-state index in [4.69, 9.17) is 4.74 Å². The number of rotatable bonds is 3. The van der Waals surface area contributed by atoms with Gasteiger partial charge in [-0.2, -0.15) is 0 Å². The molecular formula is C11H21NO. The second-order valence-electron chi connectivity index (χ2n) is 3.72. The molecule has 0 bridgehead atoms. The molecule has 0 spiro atoms. The van der Waals surface area contributed by atoms with Crippen molar-refractivity contribution in [2.75, 3.05) is 19.8 Å². The Hall–Kier alpha value is -0.340. The summed E-state index contributed by atoms with van der Waals surface area (Å²) in [5, 5.41) is 3.50. The van der Waals surface area contributed by atoms with Crippen LogP contribution in [0.5, 0.6) is 0 Å². The smallest absolute Gasteiger partial charge is 0.0622 e. The van der Waals surface area contributed by atoms with Gasteiger partial charge in [-0.25, -0.2) is 0 Å². The molecule has 0 saturated carbocycles. The van der Waals surface area contributed by atoms with Gasteiger partial charge in [0.05, 0.1) is 6.61 Å². The van der Waals surface area contributed by atoms with Gasteiger partial charge in [0.25, 0.3) is 0 Å². The van der Waals surface area contributed by atoms with Crippen molar-refractivity contribution in [1.29, 1.82) is 0 Å². The molecule has 0 aromatic heterocycles. The quantitative estimate of drug-likeness (QED) is 0.677. The summed E-state index contributed by atoms with van der Waals surface area (Å²) in [6.45, 7) is 8.89. The fraction of sp³-hybridized carbons (Fsp3) is 0.818. The predicted octanol–water partition coefficient (Wildman–Crippen LogP) is 2.11. The summed E-state index contributed by atoms with van der Waals surface area (Å²) in [4.78, 5) is 0. The molecule has 1 atom stereocenters. The molecular weight excluding hydrogens is 162 g/mol. The van der Waals surface area contributed by atoms with Crippen LogP contribution in [0.1, 0.15) is 32.6 Å². The second kappa shape index (κ2) is 6.17. The molecule has 1 unspecified atom stereocenters. The maximum absolute atomic E-state index is 5.41. The highest BCUT2D eigenvalue weighted by atomic mass is 16.5. The minimum absolute atomic E-state index is 0.493. The molecule has 1 rings (SSSR count). The highest BCUT2D eigenvalue weighted by Crippen LogP contribution is 2.14. The van der Waals surface area contributed by atoms with Gasteiger partial charge in [0.1, 0.15) is 0 Å². The SMILES string of the molecule is C=C1CCCCNC(COCC)C1. The first-order valence-electron chi connectivity index (χ1n) is 5.30. The number of hydrogen-bond acceptors (Lipinski definition) is 2. The molecule has 0 amide bonds. The van der Waals surface area contributed by atoms with Crippen molar-refractivity contribution < 1.29 is 4.74 Å². The molecule has 13 heavy (non-hydrogen) atoms. The maximum atomic E-state index is 5.41. The molecule has 1 fully saturated rings. The van der Waals surface area contributed by atoms with Crippen molar-refractivity contribution >= 4 is 0 Å². The van der Waals surface area contributed by atoms with Crippen molar-refractivity contribution in [3.05, 3.63) is 12.2 Å². The van der Waals surface area contributed by atoms with E-state index >= 15 is 0 Å². The van der Waals surface area contributed by atoms with Crippen molar-refractivity contribution in [3.63, 3.8) is 0 Å². The van der Waals surface area contributed by atoms with E-state index in [1.54, 1.807) is 0 Å². The minimum atomic E-state index is 0.493. The van der Waals surface area contributed by atoms with Gasteiger partial charge in [-0.05, 0) is 39.2 Å². The van der Waals surface area contributed by atoms with Crippen LogP contribution in [0, 0.1) is 0 Å². The summed E-state index contributed by atoms with van der Waals surface area (Å²) >= 11 is 0. The van der Waals surface area contributed by atoms with E-state index in [-0.39, 0.29) is 0 Å². The zero-order valence-electron chi connectivity index (χ0n) is 8.64. The highest BCUT2D eigenvalue weighted by Gasteiger charge is 2.11. The van der Waals surface area contributed by atoms with Crippen LogP contribution in [0.4, 0.5) is 0 Å². The molecule has 76 valence electrons. The Morgan fingerprint density at radius 2 is 2.38 bits per heavy atom. The predicted molar refractivity (Wildman–Crippen MR) is 55.9 cm³/mol. The third-order valence-corrected chi connectivity index (χ3v) is 2.45. The molecule has 1 N–H and O–H groups in total. The molecule has 0 radical (unpaired) electrons. The van der Waals surface area contributed by atoms with Crippen molar-refractivity contribution in [3.8, 4) is 0 Å². The van der Waals surface area contributed by atoms with Gasteiger partial charge in [-0.15, -0.1) is 0 Å². The molecule has 2 heteroatoms. The average Bonchev–Trinajstić information content (AvgIpc) is 2.09. The van der Waals surface area contributed by atoms with Crippen LogP contribution >= 0.6 is 0 Å². The summed E-state index contributed by atoms with van der Waals surface area (Å²) in [7, 11) is 0. The van der Waals surface area contributed by atoms with Gasteiger partial charge in [0.15, 0.2) is 0 Å². The molecule has 2 nitrogen and oxygen atoms in total. The standard InChI is InChI=1S/C11H21NO/c1-3-13-9-11-8-10(2)6-4-5-7-12-11/h11-12H,2-9H2,1H3. The molecule has 1 aliphatic rings. The Morgan fingerprint density at radius 3 is 3.15 bits per heavy atom. The van der Waals surface area contributed by atoms with Gasteiger partial charge in [-0.1, -0.05) is 12.2 Å². The minimum Gasteiger partial charge on any atom is -0.380 e. The van der Waals surface area contributed by atoms with E-state index in [1.165, 1.54) is 24.8 Å². The molecule has 0 aromatic carbocycles. The van der Waals surface area contributed by atoms with Crippen LogP contribution < -0.4 is 5.32 Å². The fourth-order valence-corrected chi connectivity index (χ4v) is 1.71. The summed E-state index contributed by atoms with van der Waals surface area (Å²) in [5.74, 6) is 0. The average molecular weight is 183 g/mol. The molecule has 1 aliphatic heterocycles. The summed E-state index contributed by atoms with van der Waals surface area (Å²) in [5.41, 5.74) is 1.37. The lowest BCUT2D eigenvalue weighted by Crippen LogP contribution is -2.35. The van der Waals surface area contributed by atoms with Crippen LogP contribution in [0.2, 0.25) is 0 Å². The molecule has 1 heterocycles. The molecule has 1 saturated heterocycles. The maximum Gasteiger partial charge on any atom is 0.0622 e. The number of nitrogens with one attached hydrogen (secondary N) is 1. The monoisotopic (exact) mass is 183 g/mol. The highest BCUT2D eigenvalue weighted by molar-refractivity contribution is 4.98. The Bertz CT molecular complexity index is 154.